The van der Waals surface area contributed by atoms with Gasteiger partial charge in [0, 0.05) is 17.6 Å². The molecule has 6 rings (SSSR count). The van der Waals surface area contributed by atoms with Crippen molar-refractivity contribution in [2.24, 2.45) is 34.5 Å². The maximum absolute atomic E-state index is 9.86. The van der Waals surface area contributed by atoms with Crippen LogP contribution in [0.4, 0.5) is 0 Å². The van der Waals surface area contributed by atoms with Crippen LogP contribution in [0.5, 0.6) is 0 Å². The van der Waals surface area contributed by atoms with Crippen molar-refractivity contribution >= 4 is 0 Å². The molecule has 4 aliphatic carbocycles. The highest BCUT2D eigenvalue weighted by molar-refractivity contribution is 5.49. The highest BCUT2D eigenvalue weighted by Gasteiger charge is 2.70. The Hall–Kier alpha value is -1.12. The van der Waals surface area contributed by atoms with Gasteiger partial charge < -0.3 is 5.11 Å². The van der Waals surface area contributed by atoms with Gasteiger partial charge in [-0.2, -0.15) is 0 Å². The molecule has 2 aliphatic heterocycles. The number of piperidine rings is 1. The Labute approximate surface area is 201 Å². The van der Waals surface area contributed by atoms with Crippen molar-refractivity contribution in [3.8, 4) is 0 Å². The summed E-state index contributed by atoms with van der Waals surface area (Å²) in [6, 6.07) is 0. The number of rotatable bonds is 4. The summed E-state index contributed by atoms with van der Waals surface area (Å²) in [5.74, 6) is 2.87. The first-order valence-electron chi connectivity index (χ1n) is 13.8. The quantitative estimate of drug-likeness (QED) is 0.460. The van der Waals surface area contributed by atoms with Gasteiger partial charge in [0.05, 0.1) is 5.54 Å². The fourth-order valence-corrected chi connectivity index (χ4v) is 10.2. The molecule has 0 aromatic rings. The largest absolute Gasteiger partial charge is 0.396 e. The summed E-state index contributed by atoms with van der Waals surface area (Å²) in [6.07, 6.45) is 20.5. The number of hydrogen-bond donors (Lipinski definition) is 2. The molecule has 2 nitrogen and oxygen atoms in total. The van der Waals surface area contributed by atoms with Crippen LogP contribution in [-0.4, -0.2) is 22.8 Å². The van der Waals surface area contributed by atoms with Gasteiger partial charge in [0.15, 0.2) is 0 Å². The van der Waals surface area contributed by atoms with E-state index in [1.807, 2.05) is 0 Å². The molecule has 33 heavy (non-hydrogen) atoms. The molecule has 180 valence electrons. The monoisotopic (exact) mass is 447 g/mol. The van der Waals surface area contributed by atoms with Crippen LogP contribution in [0.15, 0.2) is 47.1 Å². The van der Waals surface area contributed by atoms with Crippen LogP contribution in [0.2, 0.25) is 0 Å². The van der Waals surface area contributed by atoms with Crippen molar-refractivity contribution in [3.05, 3.63) is 47.1 Å². The number of allylic oxidation sites excluding steroid dienone is 4. The van der Waals surface area contributed by atoms with Crippen LogP contribution >= 0.6 is 0 Å². The topological polar surface area (TPSA) is 32.3 Å². The second-order valence-electron chi connectivity index (χ2n) is 13.4. The smallest absolute Gasteiger partial charge is 0.0588 e. The van der Waals surface area contributed by atoms with Gasteiger partial charge in [0.1, 0.15) is 0 Å². The fraction of sp³-hybridized carbons (Fsp3) is 0.742. The third-order valence-electron chi connectivity index (χ3n) is 11.9. The van der Waals surface area contributed by atoms with Crippen LogP contribution in [0.25, 0.3) is 0 Å². The Balaban J connectivity index is 1.41. The summed E-state index contributed by atoms with van der Waals surface area (Å²) in [5, 5.41) is 14.3. The third kappa shape index (κ3) is 2.80. The van der Waals surface area contributed by atoms with Gasteiger partial charge in [-0.15, -0.1) is 0 Å². The Morgan fingerprint density at radius 1 is 1.12 bits per heavy atom. The number of nitrogens with one attached hydrogen (secondary N) is 1. The first-order chi connectivity index (χ1) is 15.7. The van der Waals surface area contributed by atoms with Gasteiger partial charge in [-0.3, -0.25) is 5.32 Å². The minimum atomic E-state index is 0.0265. The molecule has 2 heterocycles. The van der Waals surface area contributed by atoms with Gasteiger partial charge in [0.2, 0.25) is 0 Å². The molecule has 0 amide bonds. The summed E-state index contributed by atoms with van der Waals surface area (Å²) < 4.78 is 0. The molecule has 0 aromatic heterocycles. The summed E-state index contributed by atoms with van der Waals surface area (Å²) in [6.45, 7) is 14.3. The SMILES string of the molecule is C=C(C)C1CCC2(C)CC(C34C=CC56C(CCO)CCC5CC(CC3)C6(C)N4)=CC(C)=C2C1. The second kappa shape index (κ2) is 7.20. The van der Waals surface area contributed by atoms with E-state index in [-0.39, 0.29) is 16.5 Å². The first-order valence-corrected chi connectivity index (χ1v) is 13.8. The minimum Gasteiger partial charge on any atom is -0.396 e. The molecule has 2 bridgehead atoms. The van der Waals surface area contributed by atoms with Crippen LogP contribution in [-0.2, 0) is 0 Å². The third-order valence-corrected chi connectivity index (χ3v) is 11.9. The van der Waals surface area contributed by atoms with E-state index in [2.05, 4.69) is 57.8 Å². The van der Waals surface area contributed by atoms with E-state index in [1.165, 1.54) is 68.9 Å². The molecule has 2 heteroatoms. The molecule has 1 spiro atoms. The summed E-state index contributed by atoms with van der Waals surface area (Å²) >= 11 is 0. The molecule has 1 saturated heterocycles. The standard InChI is InChI=1S/C31H45NO/c1-20(2)22-8-11-28(4)19-26(16-21(3)27(28)17-22)30-12-9-24-18-25-7-6-23(10-15-33)31(25,14-13-30)29(24,5)32-30/h13-14,16,22-25,32-33H,1,6-12,15,17-19H2,2-5H3. The van der Waals surface area contributed by atoms with Crippen molar-refractivity contribution in [2.45, 2.75) is 103 Å². The zero-order valence-electron chi connectivity index (χ0n) is 21.5. The van der Waals surface area contributed by atoms with E-state index < -0.39 is 0 Å². The Bertz CT molecular complexity index is 969. The van der Waals surface area contributed by atoms with Gasteiger partial charge in [-0.05, 0) is 120 Å². The second-order valence-corrected chi connectivity index (χ2v) is 13.4. The lowest BCUT2D eigenvalue weighted by Crippen LogP contribution is -2.71. The number of aliphatic hydroxyl groups is 1. The van der Waals surface area contributed by atoms with Crippen LogP contribution in [0, 0.1) is 34.5 Å². The van der Waals surface area contributed by atoms with Gasteiger partial charge in [-0.1, -0.05) is 48.5 Å². The van der Waals surface area contributed by atoms with E-state index in [1.54, 1.807) is 11.1 Å². The lowest BCUT2D eigenvalue weighted by Gasteiger charge is -2.61. The summed E-state index contributed by atoms with van der Waals surface area (Å²) in [5.41, 5.74) is 7.00. The Morgan fingerprint density at radius 2 is 1.94 bits per heavy atom. The minimum absolute atomic E-state index is 0.0265. The van der Waals surface area contributed by atoms with Crippen molar-refractivity contribution in [1.29, 1.82) is 0 Å². The van der Waals surface area contributed by atoms with Crippen LogP contribution in [0.3, 0.4) is 0 Å². The highest BCUT2D eigenvalue weighted by atomic mass is 16.3. The normalized spacial score (nSPS) is 50.2. The fourth-order valence-electron chi connectivity index (χ4n) is 10.2. The van der Waals surface area contributed by atoms with Crippen LogP contribution in [0.1, 0.15) is 91.9 Å². The van der Waals surface area contributed by atoms with Crippen LogP contribution < -0.4 is 5.32 Å². The van der Waals surface area contributed by atoms with Gasteiger partial charge in [0.25, 0.3) is 0 Å². The molecule has 4 fully saturated rings. The predicted octanol–water partition coefficient (Wildman–Crippen LogP) is 6.88. The van der Waals surface area contributed by atoms with E-state index in [0.717, 1.165) is 18.3 Å². The lowest BCUT2D eigenvalue weighted by molar-refractivity contribution is 0.0121. The van der Waals surface area contributed by atoms with E-state index in [4.69, 9.17) is 0 Å². The van der Waals surface area contributed by atoms with E-state index >= 15 is 0 Å². The molecular formula is C31H45NO. The lowest BCUT2D eigenvalue weighted by atomic mass is 9.53. The average molecular weight is 448 g/mol. The first kappa shape index (κ1) is 22.4. The van der Waals surface area contributed by atoms with E-state index in [9.17, 15) is 5.11 Å². The molecule has 3 saturated carbocycles. The summed E-state index contributed by atoms with van der Waals surface area (Å²) in [4.78, 5) is 0. The maximum atomic E-state index is 9.86. The molecule has 8 atom stereocenters. The van der Waals surface area contributed by atoms with Crippen molar-refractivity contribution < 1.29 is 5.11 Å². The van der Waals surface area contributed by atoms with Crippen molar-refractivity contribution in [1.82, 2.24) is 5.32 Å². The number of aliphatic hydroxyl groups excluding tert-OH is 1. The molecule has 6 aliphatic rings. The number of hydrogen-bond acceptors (Lipinski definition) is 2. The Kier molecular flexibility index (Phi) is 4.88. The van der Waals surface area contributed by atoms with Crippen molar-refractivity contribution in [3.63, 3.8) is 0 Å². The van der Waals surface area contributed by atoms with Gasteiger partial charge in [-0.25, -0.2) is 0 Å². The maximum Gasteiger partial charge on any atom is 0.0588 e. The molecule has 8 unspecified atom stereocenters. The zero-order chi connectivity index (χ0) is 23.2. The average Bonchev–Trinajstić information content (AvgIpc) is 3.26. The number of fused-ring (bicyclic) bond motifs is 2. The Morgan fingerprint density at radius 3 is 2.70 bits per heavy atom. The zero-order valence-corrected chi connectivity index (χ0v) is 21.5. The highest BCUT2D eigenvalue weighted by Crippen LogP contribution is 2.70. The van der Waals surface area contributed by atoms with Crippen molar-refractivity contribution in [2.75, 3.05) is 6.61 Å². The van der Waals surface area contributed by atoms with E-state index in [0.29, 0.717) is 23.9 Å². The molecule has 2 N–H and O–H groups in total. The molecule has 0 aromatic carbocycles. The van der Waals surface area contributed by atoms with Gasteiger partial charge >= 0.3 is 0 Å². The molecular weight excluding hydrogens is 402 g/mol. The predicted molar refractivity (Wildman–Crippen MR) is 137 cm³/mol. The summed E-state index contributed by atoms with van der Waals surface area (Å²) in [7, 11) is 0. The molecule has 0 radical (unpaired) electrons.